The molecule has 0 fully saturated rings. The Hall–Kier alpha value is -2.63. The van der Waals surface area contributed by atoms with Gasteiger partial charge in [-0.2, -0.15) is 0 Å². The van der Waals surface area contributed by atoms with Crippen molar-refractivity contribution in [3.05, 3.63) is 132 Å². The van der Waals surface area contributed by atoms with Crippen molar-refractivity contribution in [1.82, 2.24) is 4.67 Å². The van der Waals surface area contributed by atoms with Gasteiger partial charge < -0.3 is 0 Å². The molecule has 36 heavy (non-hydrogen) atoms. The van der Waals surface area contributed by atoms with Gasteiger partial charge in [0.15, 0.2) is 0 Å². The first-order valence-electron chi connectivity index (χ1n) is 12.9. The minimum absolute atomic E-state index is 0.427. The molecule has 0 aromatic heterocycles. The number of rotatable bonds is 10. The molecule has 0 aliphatic carbocycles. The van der Waals surface area contributed by atoms with Crippen molar-refractivity contribution < 1.29 is 0 Å². The lowest BCUT2D eigenvalue weighted by Gasteiger charge is -2.37. The zero-order chi connectivity index (χ0) is 24.6. The van der Waals surface area contributed by atoms with E-state index in [1.165, 1.54) is 40.0 Å². The van der Waals surface area contributed by atoms with E-state index in [1.807, 2.05) is 0 Å². The standard InChI is InChI=1S/C32H34N2P2/c1-2-3-24-34(26-35(29-20-12-6-13-21-29)30-22-14-7-15-23-30)36-31(27-16-8-4-9-17-27)25-33-32(36)28-18-10-5-11-19-28/h4-23,31H,2-3,24-26H2,1H3/t31-,36?/m0/s1. The largest absolute Gasteiger partial charge is 0.282 e. The smallest absolute Gasteiger partial charge is 0.0806 e. The van der Waals surface area contributed by atoms with Crippen LogP contribution >= 0.6 is 16.0 Å². The number of hydrogen-bond acceptors (Lipinski definition) is 2. The number of benzene rings is 4. The molecule has 4 heteroatoms. The molecule has 0 saturated heterocycles. The second-order valence-electron chi connectivity index (χ2n) is 9.13. The lowest BCUT2D eigenvalue weighted by molar-refractivity contribution is 0.504. The van der Waals surface area contributed by atoms with Crippen molar-refractivity contribution >= 4 is 32.1 Å². The molecular formula is C32H34N2P2. The van der Waals surface area contributed by atoms with E-state index >= 15 is 0 Å². The Bertz CT molecular complexity index is 1190. The molecule has 1 aliphatic heterocycles. The third-order valence-electron chi connectivity index (χ3n) is 6.66. The van der Waals surface area contributed by atoms with E-state index < -0.39 is 16.0 Å². The number of nitrogens with zero attached hydrogens (tertiary/aromatic N) is 2. The molecule has 4 aromatic carbocycles. The van der Waals surface area contributed by atoms with E-state index in [0.29, 0.717) is 5.66 Å². The van der Waals surface area contributed by atoms with Crippen molar-refractivity contribution in [1.29, 1.82) is 0 Å². The van der Waals surface area contributed by atoms with Crippen molar-refractivity contribution in [2.45, 2.75) is 25.4 Å². The molecule has 0 radical (unpaired) electrons. The molecule has 0 bridgehead atoms. The maximum absolute atomic E-state index is 5.24. The summed E-state index contributed by atoms with van der Waals surface area (Å²) in [6, 6.07) is 44.3. The van der Waals surface area contributed by atoms with Crippen molar-refractivity contribution in [3.63, 3.8) is 0 Å². The first kappa shape index (κ1) is 25.0. The van der Waals surface area contributed by atoms with Crippen LogP contribution in [0, 0.1) is 0 Å². The molecule has 1 aliphatic rings. The average Bonchev–Trinajstić information content (AvgIpc) is 3.40. The lowest BCUT2D eigenvalue weighted by atomic mass is 10.1. The molecule has 182 valence electrons. The van der Waals surface area contributed by atoms with Crippen LogP contribution in [0.25, 0.3) is 0 Å². The van der Waals surface area contributed by atoms with Crippen LogP contribution in [0.3, 0.4) is 0 Å². The summed E-state index contributed by atoms with van der Waals surface area (Å²) in [5, 5.41) is 2.90. The first-order valence-corrected chi connectivity index (χ1v) is 15.8. The third-order valence-corrected chi connectivity index (χ3v) is 12.2. The fourth-order valence-corrected chi connectivity index (χ4v) is 10.5. The predicted octanol–water partition coefficient (Wildman–Crippen LogP) is 7.78. The van der Waals surface area contributed by atoms with E-state index in [2.05, 4.69) is 133 Å². The van der Waals surface area contributed by atoms with Crippen LogP contribution in [0.4, 0.5) is 0 Å². The zero-order valence-corrected chi connectivity index (χ0v) is 22.7. The first-order chi connectivity index (χ1) is 17.8. The molecule has 0 N–H and O–H groups in total. The van der Waals surface area contributed by atoms with Gasteiger partial charge in [-0.25, -0.2) is 0 Å². The van der Waals surface area contributed by atoms with E-state index in [1.54, 1.807) is 0 Å². The van der Waals surface area contributed by atoms with Crippen LogP contribution < -0.4 is 10.6 Å². The van der Waals surface area contributed by atoms with Crippen molar-refractivity contribution in [2.75, 3.05) is 19.4 Å². The molecular weight excluding hydrogens is 474 g/mol. The molecule has 0 amide bonds. The van der Waals surface area contributed by atoms with Crippen molar-refractivity contribution in [3.8, 4) is 0 Å². The van der Waals surface area contributed by atoms with Crippen LogP contribution in [0.5, 0.6) is 0 Å². The van der Waals surface area contributed by atoms with Gasteiger partial charge in [-0.1, -0.05) is 135 Å². The minimum atomic E-state index is -0.613. The minimum Gasteiger partial charge on any atom is -0.282 e. The Balaban J connectivity index is 1.56. The number of aliphatic imine (C=N–C) groups is 1. The molecule has 2 nitrogen and oxygen atoms in total. The van der Waals surface area contributed by atoms with Gasteiger partial charge in [-0.3, -0.25) is 9.66 Å². The maximum Gasteiger partial charge on any atom is 0.0806 e. The van der Waals surface area contributed by atoms with Gasteiger partial charge >= 0.3 is 0 Å². The van der Waals surface area contributed by atoms with Crippen LogP contribution in [0.2, 0.25) is 0 Å². The summed E-state index contributed by atoms with van der Waals surface area (Å²) >= 11 is 0. The van der Waals surface area contributed by atoms with Gasteiger partial charge in [0.1, 0.15) is 0 Å². The summed E-state index contributed by atoms with van der Waals surface area (Å²) in [6.45, 7) is 4.28. The molecule has 2 atom stereocenters. The van der Waals surface area contributed by atoms with Gasteiger partial charge in [0.05, 0.1) is 12.0 Å². The fourth-order valence-electron chi connectivity index (χ4n) is 4.81. The molecule has 1 heterocycles. The molecule has 0 saturated carbocycles. The Kier molecular flexibility index (Phi) is 8.73. The highest BCUT2D eigenvalue weighted by molar-refractivity contribution is 7.77. The monoisotopic (exact) mass is 508 g/mol. The van der Waals surface area contributed by atoms with Gasteiger partial charge in [-0.15, -0.1) is 0 Å². The Labute approximate surface area is 218 Å². The van der Waals surface area contributed by atoms with Crippen molar-refractivity contribution in [2.24, 2.45) is 4.99 Å². The van der Waals surface area contributed by atoms with Crippen LogP contribution in [0.15, 0.2) is 126 Å². The Morgan fingerprint density at radius 3 is 1.83 bits per heavy atom. The highest BCUT2D eigenvalue weighted by Gasteiger charge is 2.38. The quantitative estimate of drug-likeness (QED) is 0.200. The summed E-state index contributed by atoms with van der Waals surface area (Å²) in [4.78, 5) is 5.24. The number of hydrogen-bond donors (Lipinski definition) is 0. The number of unbranched alkanes of at least 4 members (excludes halogenated alkanes) is 1. The van der Waals surface area contributed by atoms with Gasteiger partial charge in [0.25, 0.3) is 0 Å². The van der Waals surface area contributed by atoms with Gasteiger partial charge in [0.2, 0.25) is 0 Å². The second kappa shape index (κ2) is 12.6. The lowest BCUT2D eigenvalue weighted by Crippen LogP contribution is -2.29. The SMILES string of the molecule is CCCCN(CP(c1ccccc1)c1ccccc1)P1C(c2ccccc2)=NC[C@H]1c1ccccc1. The topological polar surface area (TPSA) is 15.6 Å². The maximum atomic E-state index is 5.24. The summed E-state index contributed by atoms with van der Waals surface area (Å²) in [6.07, 6.45) is 3.46. The summed E-state index contributed by atoms with van der Waals surface area (Å²) < 4.78 is 2.83. The molecule has 1 unspecified atom stereocenters. The third kappa shape index (κ3) is 5.84. The van der Waals surface area contributed by atoms with E-state index in [9.17, 15) is 0 Å². The van der Waals surface area contributed by atoms with E-state index in [0.717, 1.165) is 19.4 Å². The molecule has 0 spiro atoms. The zero-order valence-electron chi connectivity index (χ0n) is 20.9. The average molecular weight is 509 g/mol. The Morgan fingerprint density at radius 1 is 0.750 bits per heavy atom. The second-order valence-corrected chi connectivity index (χ2v) is 13.6. The van der Waals surface area contributed by atoms with Crippen LogP contribution in [-0.2, 0) is 0 Å². The molecule has 4 aromatic rings. The van der Waals surface area contributed by atoms with Crippen LogP contribution in [-0.4, -0.2) is 29.5 Å². The fraction of sp³-hybridized carbons (Fsp3) is 0.219. The van der Waals surface area contributed by atoms with Gasteiger partial charge in [0, 0.05) is 32.1 Å². The summed E-state index contributed by atoms with van der Waals surface area (Å²) in [5.41, 5.74) is 4.44. The summed E-state index contributed by atoms with van der Waals surface area (Å²) in [5.74, 6) is 0. The molecule has 5 rings (SSSR count). The van der Waals surface area contributed by atoms with E-state index in [-0.39, 0.29) is 0 Å². The Morgan fingerprint density at radius 2 is 1.28 bits per heavy atom. The van der Waals surface area contributed by atoms with Gasteiger partial charge in [-0.05, 0) is 30.5 Å². The highest BCUT2D eigenvalue weighted by Crippen LogP contribution is 2.61. The predicted molar refractivity (Wildman–Crippen MR) is 160 cm³/mol. The normalized spacial score (nSPS) is 17.5. The van der Waals surface area contributed by atoms with Crippen LogP contribution in [0.1, 0.15) is 36.6 Å². The summed E-state index contributed by atoms with van der Waals surface area (Å²) in [7, 11) is -1.12. The van der Waals surface area contributed by atoms with E-state index in [4.69, 9.17) is 4.99 Å². The highest BCUT2D eigenvalue weighted by atomic mass is 31.1.